The summed E-state index contributed by atoms with van der Waals surface area (Å²) >= 11 is 1.46. The molecule has 10 heteroatoms. The van der Waals surface area contributed by atoms with Gasteiger partial charge in [-0.2, -0.15) is 0 Å². The number of anilines is 1. The van der Waals surface area contributed by atoms with Gasteiger partial charge in [0.1, 0.15) is 23.1 Å². The first-order valence-corrected chi connectivity index (χ1v) is 13.7. The Morgan fingerprint density at radius 1 is 1.05 bits per heavy atom. The van der Waals surface area contributed by atoms with E-state index < -0.39 is 11.6 Å². The molecular formula is C29H26F2N6OS. The first-order valence-electron chi connectivity index (χ1n) is 12.8. The van der Waals surface area contributed by atoms with Crippen molar-refractivity contribution in [2.24, 2.45) is 0 Å². The number of thiazole rings is 1. The summed E-state index contributed by atoms with van der Waals surface area (Å²) in [5.41, 5.74) is 2.75. The van der Waals surface area contributed by atoms with E-state index in [4.69, 9.17) is 9.97 Å². The molecule has 2 atom stereocenters. The van der Waals surface area contributed by atoms with E-state index >= 15 is 0 Å². The van der Waals surface area contributed by atoms with Gasteiger partial charge in [0.25, 0.3) is 5.91 Å². The lowest BCUT2D eigenvalue weighted by Crippen LogP contribution is -2.42. The molecule has 0 saturated heterocycles. The Kier molecular flexibility index (Phi) is 6.78. The van der Waals surface area contributed by atoms with Crippen LogP contribution in [0.3, 0.4) is 0 Å². The van der Waals surface area contributed by atoms with Gasteiger partial charge in [-0.3, -0.25) is 4.79 Å². The number of aromatic amines is 1. The Bertz CT molecular complexity index is 1650. The van der Waals surface area contributed by atoms with Gasteiger partial charge in [0.05, 0.1) is 16.2 Å². The minimum absolute atomic E-state index is 0.0141. The molecule has 3 N–H and O–H groups in total. The Hall–Kier alpha value is -4.18. The number of carbonyl (C=O) groups is 1. The molecule has 1 aliphatic rings. The third-order valence-electron chi connectivity index (χ3n) is 6.96. The Morgan fingerprint density at radius 2 is 1.87 bits per heavy atom. The number of hydrogen-bond donors (Lipinski definition) is 3. The van der Waals surface area contributed by atoms with Gasteiger partial charge in [0, 0.05) is 52.3 Å². The molecule has 1 aliphatic carbocycles. The number of aromatic nitrogens is 4. The molecule has 0 aliphatic heterocycles. The van der Waals surface area contributed by atoms with Crippen molar-refractivity contribution < 1.29 is 13.6 Å². The van der Waals surface area contributed by atoms with Crippen molar-refractivity contribution in [3.05, 3.63) is 82.4 Å². The lowest BCUT2D eigenvalue weighted by atomic mass is 9.91. The van der Waals surface area contributed by atoms with E-state index in [-0.39, 0.29) is 23.5 Å². The van der Waals surface area contributed by atoms with Crippen LogP contribution in [-0.2, 0) is 0 Å². The smallest absolute Gasteiger partial charge is 0.270 e. The largest absolute Gasteiger partial charge is 0.367 e. The van der Waals surface area contributed by atoms with Crippen molar-refractivity contribution >= 4 is 34.0 Å². The van der Waals surface area contributed by atoms with Crippen LogP contribution in [0.25, 0.3) is 33.5 Å². The SMILES string of the molecule is Cc1nc(C(=O)N[C@H]2CCC[C@@H](Nc3cc(-c4ccccc4)nc(-c4c[nH]c5c(F)cc(F)cc45)n3)C2)cs1. The molecule has 198 valence electrons. The summed E-state index contributed by atoms with van der Waals surface area (Å²) in [6.45, 7) is 1.88. The zero-order chi connectivity index (χ0) is 26.9. The molecule has 3 aromatic heterocycles. The zero-order valence-electron chi connectivity index (χ0n) is 21.2. The van der Waals surface area contributed by atoms with Gasteiger partial charge in [-0.25, -0.2) is 23.7 Å². The third-order valence-corrected chi connectivity index (χ3v) is 7.73. The predicted molar refractivity (Wildman–Crippen MR) is 149 cm³/mol. The molecule has 1 saturated carbocycles. The Labute approximate surface area is 227 Å². The fourth-order valence-corrected chi connectivity index (χ4v) is 5.72. The molecular weight excluding hydrogens is 518 g/mol. The minimum atomic E-state index is -0.670. The second-order valence-electron chi connectivity index (χ2n) is 9.77. The maximum atomic E-state index is 14.4. The third kappa shape index (κ3) is 5.37. The highest BCUT2D eigenvalue weighted by Gasteiger charge is 2.25. The highest BCUT2D eigenvalue weighted by molar-refractivity contribution is 7.09. The summed E-state index contributed by atoms with van der Waals surface area (Å²) in [5.74, 6) is -0.523. The average molecular weight is 545 g/mol. The summed E-state index contributed by atoms with van der Waals surface area (Å²) in [6.07, 6.45) is 5.10. The molecule has 39 heavy (non-hydrogen) atoms. The van der Waals surface area contributed by atoms with Crippen molar-refractivity contribution in [3.63, 3.8) is 0 Å². The molecule has 5 aromatic rings. The van der Waals surface area contributed by atoms with Gasteiger partial charge in [0.15, 0.2) is 5.82 Å². The summed E-state index contributed by atoms with van der Waals surface area (Å²) in [4.78, 5) is 29.4. The highest BCUT2D eigenvalue weighted by atomic mass is 32.1. The number of halogens is 2. The normalized spacial score (nSPS) is 17.3. The van der Waals surface area contributed by atoms with E-state index in [0.29, 0.717) is 34.0 Å². The molecule has 6 rings (SSSR count). The molecule has 0 radical (unpaired) electrons. The Balaban J connectivity index is 1.29. The molecule has 1 fully saturated rings. The molecule has 0 bridgehead atoms. The summed E-state index contributed by atoms with van der Waals surface area (Å²) in [7, 11) is 0. The topological polar surface area (TPSA) is 95.6 Å². The van der Waals surface area contributed by atoms with Crippen molar-refractivity contribution in [1.29, 1.82) is 0 Å². The number of hydrogen-bond acceptors (Lipinski definition) is 6. The standard InChI is InChI=1S/C29H26F2N6OS/c1-16-33-25(15-39-16)29(38)35-20-9-5-8-19(12-20)34-26-13-24(17-6-3-2-4-7-17)36-28(37-26)22-14-32-27-21(22)10-18(30)11-23(27)31/h2-4,6-7,10-11,13-15,19-20,32H,5,8-9,12H2,1H3,(H,35,38)(H,34,36,37)/t19-,20+/m1/s1. The zero-order valence-corrected chi connectivity index (χ0v) is 22.0. The second kappa shape index (κ2) is 10.5. The van der Waals surface area contributed by atoms with Crippen LogP contribution >= 0.6 is 11.3 Å². The van der Waals surface area contributed by atoms with E-state index in [9.17, 15) is 13.6 Å². The predicted octanol–water partition coefficient (Wildman–Crippen LogP) is 6.49. The maximum absolute atomic E-state index is 14.4. The van der Waals surface area contributed by atoms with Gasteiger partial charge in [-0.15, -0.1) is 11.3 Å². The second-order valence-corrected chi connectivity index (χ2v) is 10.8. The van der Waals surface area contributed by atoms with Crippen LogP contribution in [-0.4, -0.2) is 37.9 Å². The summed E-state index contributed by atoms with van der Waals surface area (Å²) < 4.78 is 28.5. The maximum Gasteiger partial charge on any atom is 0.270 e. The highest BCUT2D eigenvalue weighted by Crippen LogP contribution is 2.32. The number of nitrogens with zero attached hydrogens (tertiary/aromatic N) is 3. The molecule has 0 spiro atoms. The number of fused-ring (bicyclic) bond motifs is 1. The number of nitrogens with one attached hydrogen (secondary N) is 3. The quantitative estimate of drug-likeness (QED) is 0.227. The number of aryl methyl sites for hydroxylation is 1. The van der Waals surface area contributed by atoms with Crippen LogP contribution < -0.4 is 10.6 Å². The van der Waals surface area contributed by atoms with E-state index in [1.54, 1.807) is 11.6 Å². The van der Waals surface area contributed by atoms with E-state index in [1.165, 1.54) is 17.4 Å². The van der Waals surface area contributed by atoms with Gasteiger partial charge < -0.3 is 15.6 Å². The van der Waals surface area contributed by atoms with E-state index in [1.807, 2.05) is 43.3 Å². The summed E-state index contributed by atoms with van der Waals surface area (Å²) in [5, 5.41) is 9.67. The molecule has 1 amide bonds. The van der Waals surface area contributed by atoms with Gasteiger partial charge in [-0.1, -0.05) is 30.3 Å². The van der Waals surface area contributed by atoms with Crippen LogP contribution in [0.15, 0.2) is 60.1 Å². The fourth-order valence-electron chi connectivity index (χ4n) is 5.13. The van der Waals surface area contributed by atoms with Crippen molar-refractivity contribution in [3.8, 4) is 22.6 Å². The first-order chi connectivity index (χ1) is 18.9. The molecule has 7 nitrogen and oxygen atoms in total. The first kappa shape index (κ1) is 25.1. The van der Waals surface area contributed by atoms with Gasteiger partial charge in [-0.05, 0) is 38.7 Å². The van der Waals surface area contributed by atoms with Crippen molar-refractivity contribution in [1.82, 2.24) is 25.3 Å². The summed E-state index contributed by atoms with van der Waals surface area (Å²) in [6, 6.07) is 13.8. The molecule has 0 unspecified atom stereocenters. The molecule has 2 aromatic carbocycles. The van der Waals surface area contributed by atoms with Crippen molar-refractivity contribution in [2.75, 3.05) is 5.32 Å². The fraction of sp³-hybridized carbons (Fsp3) is 0.241. The number of carbonyl (C=O) groups excluding carboxylic acids is 1. The van der Waals surface area contributed by atoms with Crippen LogP contribution in [0, 0.1) is 18.6 Å². The van der Waals surface area contributed by atoms with E-state index in [2.05, 4.69) is 20.6 Å². The number of benzene rings is 2. The average Bonchev–Trinajstić information content (AvgIpc) is 3.56. The van der Waals surface area contributed by atoms with Crippen LogP contribution in [0.5, 0.6) is 0 Å². The van der Waals surface area contributed by atoms with Gasteiger partial charge in [0.2, 0.25) is 0 Å². The van der Waals surface area contributed by atoms with Crippen LogP contribution in [0.2, 0.25) is 0 Å². The van der Waals surface area contributed by atoms with Gasteiger partial charge >= 0.3 is 0 Å². The number of amides is 1. The minimum Gasteiger partial charge on any atom is -0.367 e. The monoisotopic (exact) mass is 544 g/mol. The van der Waals surface area contributed by atoms with Crippen LogP contribution in [0.1, 0.15) is 41.2 Å². The molecule has 3 heterocycles. The van der Waals surface area contributed by atoms with Crippen molar-refractivity contribution in [2.45, 2.75) is 44.7 Å². The number of rotatable bonds is 6. The lowest BCUT2D eigenvalue weighted by Gasteiger charge is -2.30. The van der Waals surface area contributed by atoms with E-state index in [0.717, 1.165) is 42.3 Å². The Morgan fingerprint density at radius 3 is 2.67 bits per heavy atom. The lowest BCUT2D eigenvalue weighted by molar-refractivity contribution is 0.0922. The van der Waals surface area contributed by atoms with Crippen LogP contribution in [0.4, 0.5) is 14.6 Å². The number of H-pyrrole nitrogens is 1.